The third kappa shape index (κ3) is 6.00. The van der Waals surface area contributed by atoms with Gasteiger partial charge in [-0.1, -0.05) is 0 Å². The Morgan fingerprint density at radius 2 is 1.78 bits per heavy atom. The van der Waals surface area contributed by atoms with E-state index in [0.29, 0.717) is 10.6 Å². The fourth-order valence-corrected chi connectivity index (χ4v) is 4.07. The number of alkyl halides is 3. The summed E-state index contributed by atoms with van der Waals surface area (Å²) in [4.78, 5) is 16.8. The molecule has 0 aliphatic carbocycles. The van der Waals surface area contributed by atoms with Crippen molar-refractivity contribution in [2.75, 3.05) is 5.32 Å². The molecule has 0 aliphatic heterocycles. The molecule has 3 rings (SSSR count). The van der Waals surface area contributed by atoms with Crippen molar-refractivity contribution in [2.45, 2.75) is 16.3 Å². The Morgan fingerprint density at radius 3 is 2.44 bits per heavy atom. The number of rotatable bonds is 6. The van der Waals surface area contributed by atoms with E-state index >= 15 is 0 Å². The Labute approximate surface area is 161 Å². The van der Waals surface area contributed by atoms with Crippen LogP contribution in [0.15, 0.2) is 65.1 Å². The summed E-state index contributed by atoms with van der Waals surface area (Å²) in [5.41, 5.74) is 1.52. The number of aromatic nitrogens is 1. The molecule has 0 fully saturated rings. The zero-order chi connectivity index (χ0) is 19.3. The molecule has 140 valence electrons. The molecule has 3 aromatic rings. The highest BCUT2D eigenvalue weighted by Crippen LogP contribution is 2.30. The van der Waals surface area contributed by atoms with E-state index in [0.717, 1.165) is 27.7 Å². The molecule has 0 spiro atoms. The summed E-state index contributed by atoms with van der Waals surface area (Å²) in [5, 5.41) is 2.65. The monoisotopic (exact) mass is 410 g/mol. The molecule has 1 aromatic carbocycles. The number of anilines is 1. The van der Waals surface area contributed by atoms with Gasteiger partial charge in [0.15, 0.2) is 0 Å². The lowest BCUT2D eigenvalue weighted by atomic mass is 10.3. The third-order valence-electron chi connectivity index (χ3n) is 3.28. The van der Waals surface area contributed by atoms with Crippen molar-refractivity contribution in [1.82, 2.24) is 4.98 Å². The fourth-order valence-electron chi connectivity index (χ4n) is 2.09. The summed E-state index contributed by atoms with van der Waals surface area (Å²) in [6.07, 6.45) is -1.28. The van der Waals surface area contributed by atoms with Crippen LogP contribution in [0.3, 0.4) is 0 Å². The number of ether oxygens (including phenoxy) is 1. The van der Waals surface area contributed by atoms with E-state index in [1.807, 2.05) is 18.2 Å². The first-order valence-electron chi connectivity index (χ1n) is 7.68. The summed E-state index contributed by atoms with van der Waals surface area (Å²) >= 11 is 2.97. The van der Waals surface area contributed by atoms with Crippen LogP contribution >= 0.6 is 23.1 Å². The van der Waals surface area contributed by atoms with Crippen molar-refractivity contribution in [3.63, 3.8) is 0 Å². The standard InChI is InChI=1S/C18H13F3N2O2S2/c19-18(20,21)25-14-3-1-13(2-4-14)23-17(24)15-5-6-16(27-15)26-11-12-7-9-22-10-8-12/h1-10H,11H2,(H,23,24). The number of benzene rings is 1. The highest BCUT2D eigenvalue weighted by Gasteiger charge is 2.30. The van der Waals surface area contributed by atoms with E-state index in [4.69, 9.17) is 0 Å². The number of amides is 1. The number of nitrogens with one attached hydrogen (secondary N) is 1. The second-order valence-electron chi connectivity index (χ2n) is 5.29. The molecule has 0 unspecified atom stereocenters. The maximum absolute atomic E-state index is 12.3. The van der Waals surface area contributed by atoms with Gasteiger partial charge in [0, 0.05) is 23.8 Å². The molecule has 0 aliphatic rings. The summed E-state index contributed by atoms with van der Waals surface area (Å²) in [6, 6.07) is 12.4. The van der Waals surface area contributed by atoms with Crippen LogP contribution in [0.4, 0.5) is 18.9 Å². The van der Waals surface area contributed by atoms with Gasteiger partial charge in [-0.3, -0.25) is 9.78 Å². The third-order valence-corrected chi connectivity index (χ3v) is 5.66. The molecule has 9 heteroatoms. The van der Waals surface area contributed by atoms with Crippen LogP contribution in [0.1, 0.15) is 15.2 Å². The number of thiophene rings is 1. The summed E-state index contributed by atoms with van der Waals surface area (Å²) in [7, 11) is 0. The molecular formula is C18H13F3N2O2S2. The molecule has 0 radical (unpaired) electrons. The van der Waals surface area contributed by atoms with Crippen LogP contribution in [0.5, 0.6) is 5.75 Å². The Balaban J connectivity index is 1.56. The molecule has 1 amide bonds. The number of thioether (sulfide) groups is 1. The lowest BCUT2D eigenvalue weighted by Gasteiger charge is -2.09. The predicted octanol–water partition coefficient (Wildman–Crippen LogP) is 5.59. The highest BCUT2D eigenvalue weighted by molar-refractivity contribution is 8.00. The average molecular weight is 410 g/mol. The minimum atomic E-state index is -4.74. The second-order valence-corrected chi connectivity index (χ2v) is 7.65. The number of carbonyl (C=O) groups excluding carboxylic acids is 1. The van der Waals surface area contributed by atoms with Gasteiger partial charge in [-0.25, -0.2) is 0 Å². The molecule has 0 bridgehead atoms. The summed E-state index contributed by atoms with van der Waals surface area (Å²) in [5.74, 6) is 0.108. The molecule has 0 saturated heterocycles. The first-order valence-corrected chi connectivity index (χ1v) is 9.48. The molecule has 4 nitrogen and oxygen atoms in total. The Bertz CT molecular complexity index is 897. The molecule has 27 heavy (non-hydrogen) atoms. The van der Waals surface area contributed by atoms with Crippen molar-refractivity contribution in [3.05, 3.63) is 71.4 Å². The van der Waals surface area contributed by atoms with Gasteiger partial charge >= 0.3 is 6.36 Å². The van der Waals surface area contributed by atoms with Gasteiger partial charge in [-0.05, 0) is 54.1 Å². The Morgan fingerprint density at radius 1 is 1.07 bits per heavy atom. The number of carbonyl (C=O) groups is 1. The number of hydrogen-bond acceptors (Lipinski definition) is 5. The van der Waals surface area contributed by atoms with Crippen molar-refractivity contribution >= 4 is 34.7 Å². The van der Waals surface area contributed by atoms with Crippen LogP contribution in [0.25, 0.3) is 0 Å². The van der Waals surface area contributed by atoms with Crippen LogP contribution in [0, 0.1) is 0 Å². The quantitative estimate of drug-likeness (QED) is 0.539. The maximum atomic E-state index is 12.3. The molecule has 1 N–H and O–H groups in total. The minimum absolute atomic E-state index is 0.319. The van der Waals surface area contributed by atoms with E-state index < -0.39 is 6.36 Å². The average Bonchev–Trinajstić information content (AvgIpc) is 3.10. The zero-order valence-electron chi connectivity index (χ0n) is 13.7. The zero-order valence-corrected chi connectivity index (χ0v) is 15.3. The minimum Gasteiger partial charge on any atom is -0.406 e. The molecule has 2 aromatic heterocycles. The van der Waals surface area contributed by atoms with Crippen LogP contribution in [-0.2, 0) is 5.75 Å². The first kappa shape index (κ1) is 19.2. The van der Waals surface area contributed by atoms with Crippen LogP contribution < -0.4 is 10.1 Å². The van der Waals surface area contributed by atoms with Gasteiger partial charge in [0.25, 0.3) is 5.91 Å². The second kappa shape index (κ2) is 8.45. The highest BCUT2D eigenvalue weighted by atomic mass is 32.2. The fraction of sp³-hybridized carbons (Fsp3) is 0.111. The predicted molar refractivity (Wildman–Crippen MR) is 99.2 cm³/mol. The van der Waals surface area contributed by atoms with Crippen molar-refractivity contribution in [3.8, 4) is 5.75 Å². The van der Waals surface area contributed by atoms with E-state index in [1.54, 1.807) is 30.2 Å². The van der Waals surface area contributed by atoms with Crippen molar-refractivity contribution < 1.29 is 22.7 Å². The van der Waals surface area contributed by atoms with Crippen LogP contribution in [-0.4, -0.2) is 17.3 Å². The van der Waals surface area contributed by atoms with Gasteiger partial charge in [-0.2, -0.15) is 0 Å². The van der Waals surface area contributed by atoms with Gasteiger partial charge in [0.2, 0.25) is 0 Å². The van der Waals surface area contributed by atoms with E-state index in [9.17, 15) is 18.0 Å². The number of hydrogen-bond donors (Lipinski definition) is 1. The normalized spacial score (nSPS) is 11.2. The maximum Gasteiger partial charge on any atom is 0.573 e. The first-order chi connectivity index (χ1) is 12.9. The summed E-state index contributed by atoms with van der Waals surface area (Å²) in [6.45, 7) is 0. The van der Waals surface area contributed by atoms with E-state index in [1.165, 1.54) is 23.5 Å². The molecule has 2 heterocycles. The number of nitrogens with zero attached hydrogens (tertiary/aromatic N) is 1. The molecular weight excluding hydrogens is 397 g/mol. The van der Waals surface area contributed by atoms with Crippen molar-refractivity contribution in [1.29, 1.82) is 0 Å². The van der Waals surface area contributed by atoms with Crippen molar-refractivity contribution in [2.24, 2.45) is 0 Å². The lowest BCUT2D eigenvalue weighted by Crippen LogP contribution is -2.17. The van der Waals surface area contributed by atoms with Gasteiger partial charge < -0.3 is 10.1 Å². The van der Waals surface area contributed by atoms with E-state index in [-0.39, 0.29) is 11.7 Å². The Hall–Kier alpha value is -2.52. The SMILES string of the molecule is O=C(Nc1ccc(OC(F)(F)F)cc1)c1ccc(SCc2ccncc2)s1. The summed E-state index contributed by atoms with van der Waals surface area (Å²) < 4.78 is 41.2. The molecule has 0 saturated carbocycles. The van der Waals surface area contributed by atoms with Gasteiger partial charge in [0.05, 0.1) is 9.09 Å². The number of halogens is 3. The number of pyridine rings is 1. The largest absolute Gasteiger partial charge is 0.573 e. The smallest absolute Gasteiger partial charge is 0.406 e. The van der Waals surface area contributed by atoms with Gasteiger partial charge in [0.1, 0.15) is 5.75 Å². The lowest BCUT2D eigenvalue weighted by molar-refractivity contribution is -0.274. The van der Waals surface area contributed by atoms with Gasteiger partial charge in [-0.15, -0.1) is 36.3 Å². The Kier molecular flexibility index (Phi) is 6.02. The van der Waals surface area contributed by atoms with E-state index in [2.05, 4.69) is 15.0 Å². The molecule has 0 atom stereocenters. The topological polar surface area (TPSA) is 51.2 Å². The van der Waals surface area contributed by atoms with Crippen LogP contribution in [0.2, 0.25) is 0 Å².